The topological polar surface area (TPSA) is 797 Å². The molecule has 17 amide bonds. The van der Waals surface area contributed by atoms with Crippen molar-refractivity contribution in [3.63, 3.8) is 0 Å². The molecule has 758 valence electrons. The highest BCUT2D eigenvalue weighted by Gasteiger charge is 2.41. The van der Waals surface area contributed by atoms with Crippen molar-refractivity contribution in [1.29, 1.82) is 10.8 Å². The van der Waals surface area contributed by atoms with Gasteiger partial charge in [-0.1, -0.05) is 149 Å². The summed E-state index contributed by atoms with van der Waals surface area (Å²) in [7, 11) is 1.41. The van der Waals surface area contributed by atoms with E-state index < -0.39 is 279 Å². The van der Waals surface area contributed by atoms with Crippen LogP contribution in [0.25, 0.3) is 0 Å². The summed E-state index contributed by atoms with van der Waals surface area (Å²) in [5.41, 5.74) is 23.8. The van der Waals surface area contributed by atoms with Crippen molar-refractivity contribution in [2.45, 2.75) is 241 Å². The molecule has 0 saturated heterocycles. The molecule has 0 radical (unpaired) electrons. The van der Waals surface area contributed by atoms with Crippen molar-refractivity contribution in [2.75, 3.05) is 40.0 Å². The maximum atomic E-state index is 15.2. The fraction of sp³-hybridized carbons (Fsp3) is 0.511. The highest BCUT2D eigenvalue weighted by molar-refractivity contribution is 6.02. The number of rotatable bonds is 62. The number of carbonyl (C=O) groups is 18. The lowest BCUT2D eigenvalue weighted by Gasteiger charge is -2.29. The lowest BCUT2D eigenvalue weighted by molar-refractivity contribution is -0.142. The van der Waals surface area contributed by atoms with E-state index in [2.05, 4.69) is 95.7 Å². The van der Waals surface area contributed by atoms with E-state index in [4.69, 9.17) is 33.8 Å². The second kappa shape index (κ2) is 60.2. The number of amides is 17. The first-order valence-corrected chi connectivity index (χ1v) is 44.8. The summed E-state index contributed by atoms with van der Waals surface area (Å²) in [4.78, 5) is 252. The number of aliphatic hydroxyl groups excluding tert-OH is 5. The van der Waals surface area contributed by atoms with Crippen molar-refractivity contribution >= 4 is 118 Å². The number of aliphatic hydroxyl groups is 5. The Balaban J connectivity index is 1.71. The fourth-order valence-corrected chi connectivity index (χ4v) is 13.8. The van der Waals surface area contributed by atoms with Gasteiger partial charge in [0.25, 0.3) is 0 Å². The normalized spacial score (nSPS) is 15.0. The quantitative estimate of drug-likeness (QED) is 0.0111. The molecule has 0 spiro atoms. The van der Waals surface area contributed by atoms with Crippen LogP contribution in [0.4, 0.5) is 0 Å². The number of aliphatic carboxylic acids is 1. The average molecular weight is 1940 g/mol. The minimum atomic E-state index is -2.00. The minimum Gasteiger partial charge on any atom is -0.480 e. The van der Waals surface area contributed by atoms with Gasteiger partial charge in [-0.2, -0.15) is 0 Å². The van der Waals surface area contributed by atoms with E-state index in [0.29, 0.717) is 22.3 Å². The standard InChI is InChI=1S/C90H134N24O24/c1-47(2)37-59(104-74(123)56(31-21-35-98-89(93)94)101-78(127)61(39-52-23-13-9-14-24-52)107-80(129)63(41-54-27-17-11-18-28-54)110-87(136)72(51(7)119)114-85(134)68(46-117)112-77(126)60(38-48(3)4)105-83(132)66(44-115)97-8)76(125)106-62(40-53-25-15-10-16-26-53)79(128)109-65(43-70(92)121)81(130)102-57(32-22-36-99-90(95)96)75(124)111-67(45-116)84(133)108-64(42-55-29-19-12-20-30-55)82(131)113-71(50(6)118)86(135)103-58(33-34-69(91)120)73(122)100-49(5)88(137)138/h9-20,23-30,47-51,56-68,71-72,97,115-119H,21-22,31-46H2,1-8H3,(H2,91,120)(H2,92,121)(H,100,122)(H,101,127)(H,102,130)(H,103,135)(H,104,123)(H,105,132)(H,106,125)(H,107,129)(H,108,133)(H,109,128)(H,110,136)(H,111,124)(H,112,126)(H,113,131)(H,114,134)(H,137,138)(H4,93,94,98)(H4,95,96,99)/t49-,50+,51+,56-,57-,58-,59-,60-,61-,62-,63-,64-,65-,66-,67-,68-,71-,72-/m0/s1. The Morgan fingerprint density at radius 3 is 0.848 bits per heavy atom. The summed E-state index contributed by atoms with van der Waals surface area (Å²) in [6.45, 7) is 7.10. The van der Waals surface area contributed by atoms with Gasteiger partial charge >= 0.3 is 5.97 Å². The van der Waals surface area contributed by atoms with Gasteiger partial charge < -0.3 is 149 Å². The number of benzene rings is 4. The number of carbonyl (C=O) groups excluding carboxylic acids is 17. The van der Waals surface area contributed by atoms with Crippen LogP contribution < -0.4 is 119 Å². The zero-order valence-corrected chi connectivity index (χ0v) is 78.2. The summed E-state index contributed by atoms with van der Waals surface area (Å²) >= 11 is 0. The third-order valence-corrected chi connectivity index (χ3v) is 21.3. The van der Waals surface area contributed by atoms with Gasteiger partial charge in [-0.15, -0.1) is 0 Å². The minimum absolute atomic E-state index is 0.0101. The highest BCUT2D eigenvalue weighted by atomic mass is 16.4. The first kappa shape index (κ1) is 116. The van der Waals surface area contributed by atoms with Crippen LogP contribution >= 0.6 is 0 Å². The molecule has 0 bridgehead atoms. The van der Waals surface area contributed by atoms with E-state index in [1.54, 1.807) is 149 Å². The molecule has 18 atom stereocenters. The maximum absolute atomic E-state index is 15.2. The van der Waals surface area contributed by atoms with Crippen molar-refractivity contribution in [3.05, 3.63) is 144 Å². The van der Waals surface area contributed by atoms with Gasteiger partial charge in [0.2, 0.25) is 100 Å². The van der Waals surface area contributed by atoms with Crippen molar-refractivity contribution in [1.82, 2.24) is 95.7 Å². The van der Waals surface area contributed by atoms with E-state index in [-0.39, 0.29) is 76.8 Å². The number of hydrogen-bond acceptors (Lipinski definition) is 26. The number of nitrogens with one attached hydrogen (secondary N) is 20. The van der Waals surface area contributed by atoms with Gasteiger partial charge in [0, 0.05) is 45.2 Å². The Bertz CT molecular complexity index is 4730. The van der Waals surface area contributed by atoms with Crippen molar-refractivity contribution < 1.29 is 117 Å². The molecule has 0 aliphatic carbocycles. The van der Waals surface area contributed by atoms with Gasteiger partial charge in [0.05, 0.1) is 38.4 Å². The highest BCUT2D eigenvalue weighted by Crippen LogP contribution is 2.17. The van der Waals surface area contributed by atoms with E-state index in [9.17, 15) is 93.0 Å². The van der Waals surface area contributed by atoms with Crippen LogP contribution in [0.1, 0.15) is 129 Å². The third-order valence-electron chi connectivity index (χ3n) is 21.3. The van der Waals surface area contributed by atoms with Crippen LogP contribution in [-0.4, -0.2) is 298 Å². The number of likely N-dealkylation sites (N-methyl/N-ethyl adjacent to an activating group) is 1. The molecule has 48 heteroatoms. The molecule has 0 fully saturated rings. The number of carboxylic acids is 1. The van der Waals surface area contributed by atoms with Crippen LogP contribution in [-0.2, 0) is 112 Å². The van der Waals surface area contributed by atoms with E-state index in [1.165, 1.54) is 7.05 Å². The summed E-state index contributed by atoms with van der Waals surface area (Å²) in [6, 6.07) is 5.31. The Morgan fingerprint density at radius 2 is 0.551 bits per heavy atom. The summed E-state index contributed by atoms with van der Waals surface area (Å²) in [6.07, 6.45) is -7.70. The zero-order valence-electron chi connectivity index (χ0n) is 78.2. The zero-order chi connectivity index (χ0) is 103. The molecular formula is C90H134N24O24. The first-order valence-electron chi connectivity index (χ1n) is 44.8. The Labute approximate surface area is 797 Å². The molecule has 48 nitrogen and oxygen atoms in total. The molecule has 0 heterocycles. The van der Waals surface area contributed by atoms with Crippen molar-refractivity contribution in [2.24, 2.45) is 34.8 Å². The van der Waals surface area contributed by atoms with Gasteiger partial charge in [-0.05, 0) is 107 Å². The Kier molecular flexibility index (Phi) is 50.6. The molecule has 4 rings (SSSR count). The van der Waals surface area contributed by atoms with E-state index in [0.717, 1.165) is 20.8 Å². The Hall–Kier alpha value is -14.4. The lowest BCUT2D eigenvalue weighted by atomic mass is 9.99. The number of carboxylic acid groups (broad SMARTS) is 1. The largest absolute Gasteiger partial charge is 0.480 e. The monoisotopic (exact) mass is 1940 g/mol. The van der Waals surface area contributed by atoms with Crippen LogP contribution in [0, 0.1) is 22.7 Å². The second-order valence-electron chi connectivity index (χ2n) is 33.8. The predicted octanol–water partition coefficient (Wildman–Crippen LogP) is -8.58. The molecule has 138 heavy (non-hydrogen) atoms. The summed E-state index contributed by atoms with van der Waals surface area (Å²) in [5, 5.41) is 122. The SMILES string of the molecule is CN[C@@H](CO)C(=O)N[C@@H](CC(C)C)C(=O)N[C@@H](CO)C(=O)N[C@H](C(=O)N[C@@H](Cc1ccccc1)C(=O)N[C@@H](Cc1ccccc1)C(=O)N[C@@H](CCCNC(=N)N)C(=O)N[C@@H](CC(C)C)C(=O)N[C@@H](Cc1ccccc1)C(=O)N[C@@H](CC(N)=O)C(=O)N[C@@H](CCCNC(=N)N)C(=O)N[C@@H](CO)C(=O)N[C@@H](Cc1ccccc1)C(=O)N[C@H](C(=O)N[C@@H](CCC(N)=O)C(=O)N[C@@H](C)C(=O)O)[C@@H](C)O)[C@@H](C)O. The molecular weight excluding hydrogens is 1800 g/mol. The second-order valence-corrected chi connectivity index (χ2v) is 33.8. The summed E-state index contributed by atoms with van der Waals surface area (Å²) < 4.78 is 0. The van der Waals surface area contributed by atoms with Gasteiger partial charge in [0.1, 0.15) is 96.7 Å². The van der Waals surface area contributed by atoms with E-state index >= 15 is 24.0 Å². The first-order chi connectivity index (χ1) is 65.3. The number of hydrogen-bond donors (Lipinski definition) is 30. The smallest absolute Gasteiger partial charge is 0.325 e. The molecule has 0 aliphatic heterocycles. The van der Waals surface area contributed by atoms with Gasteiger partial charge in [-0.3, -0.25) is 97.1 Å². The molecule has 0 saturated carbocycles. The van der Waals surface area contributed by atoms with Crippen LogP contribution in [0.3, 0.4) is 0 Å². The summed E-state index contributed by atoms with van der Waals surface area (Å²) in [5.74, 6) is -21.7. The van der Waals surface area contributed by atoms with Crippen molar-refractivity contribution in [3.8, 4) is 0 Å². The lowest BCUT2D eigenvalue weighted by Crippen LogP contribution is -2.63. The molecule has 34 N–H and O–H groups in total. The van der Waals surface area contributed by atoms with Gasteiger partial charge in [-0.25, -0.2) is 0 Å². The average Bonchev–Trinajstić information content (AvgIpc) is 0.843. The number of nitrogens with two attached hydrogens (primary N) is 4. The molecule has 0 aromatic heterocycles. The molecule has 0 unspecified atom stereocenters. The molecule has 4 aromatic carbocycles. The van der Waals surface area contributed by atoms with Crippen LogP contribution in [0.2, 0.25) is 0 Å². The Morgan fingerprint density at radius 1 is 0.304 bits per heavy atom. The molecule has 0 aliphatic rings. The fourth-order valence-electron chi connectivity index (χ4n) is 13.8. The number of primary amides is 2. The van der Waals surface area contributed by atoms with Gasteiger partial charge in [0.15, 0.2) is 11.9 Å². The third kappa shape index (κ3) is 42.3. The van der Waals surface area contributed by atoms with E-state index in [1.807, 2.05) is 0 Å². The van der Waals surface area contributed by atoms with Crippen LogP contribution in [0.15, 0.2) is 121 Å². The molecule has 4 aromatic rings. The van der Waals surface area contributed by atoms with Crippen LogP contribution in [0.5, 0.6) is 0 Å². The number of guanidine groups is 2. The predicted molar refractivity (Wildman–Crippen MR) is 500 cm³/mol. The maximum Gasteiger partial charge on any atom is 0.325 e.